The van der Waals surface area contributed by atoms with Gasteiger partial charge in [-0.05, 0) is 26.0 Å². The van der Waals surface area contributed by atoms with Gasteiger partial charge < -0.3 is 4.42 Å². The maximum Gasteiger partial charge on any atom is 0.226 e. The minimum absolute atomic E-state index is 0. The first-order chi connectivity index (χ1) is 6.25. The van der Waals surface area contributed by atoms with Crippen LogP contribution in [0.4, 0.5) is 0 Å². The van der Waals surface area contributed by atoms with Crippen molar-refractivity contribution < 1.29 is 4.42 Å². The molecule has 2 heteroatoms. The minimum atomic E-state index is 0. The quantitative estimate of drug-likeness (QED) is 0.685. The number of aryl methyl sites for hydroxylation is 2. The molecule has 2 rings (SSSR count). The molecule has 0 aliphatic carbocycles. The Morgan fingerprint density at radius 3 is 2.57 bits per heavy atom. The molecule has 0 saturated heterocycles. The van der Waals surface area contributed by atoms with Gasteiger partial charge in [-0.2, -0.15) is 0 Å². The van der Waals surface area contributed by atoms with Crippen LogP contribution in [0.2, 0.25) is 0 Å². The predicted octanol–water partition coefficient (Wildman–Crippen LogP) is 3.59. The molecule has 74 valence electrons. The highest BCUT2D eigenvalue weighted by molar-refractivity contribution is 5.54. The maximum absolute atomic E-state index is 5.29. The van der Waals surface area contributed by atoms with Crippen LogP contribution in [0.1, 0.15) is 18.7 Å². The van der Waals surface area contributed by atoms with Crippen LogP contribution in [-0.2, 0) is 0 Å². The van der Waals surface area contributed by atoms with E-state index in [2.05, 4.69) is 24.0 Å². The molecule has 0 aliphatic rings. The van der Waals surface area contributed by atoms with E-state index >= 15 is 0 Å². The Hall–Kier alpha value is -1.57. The summed E-state index contributed by atoms with van der Waals surface area (Å²) in [7, 11) is 0. The molecule has 0 bridgehead atoms. The molecule has 14 heavy (non-hydrogen) atoms. The van der Waals surface area contributed by atoms with Gasteiger partial charge >= 0.3 is 0 Å². The van der Waals surface area contributed by atoms with Crippen molar-refractivity contribution >= 4 is 0 Å². The lowest BCUT2D eigenvalue weighted by molar-refractivity contribution is 0.573. The molecule has 2 aromatic rings. The van der Waals surface area contributed by atoms with Gasteiger partial charge in [-0.3, -0.25) is 0 Å². The van der Waals surface area contributed by atoms with Crippen molar-refractivity contribution in [3.05, 3.63) is 41.8 Å². The first-order valence-corrected chi connectivity index (χ1v) is 4.25. The van der Waals surface area contributed by atoms with E-state index < -0.39 is 0 Å². The maximum atomic E-state index is 5.29. The third-order valence-corrected chi connectivity index (χ3v) is 1.88. The summed E-state index contributed by atoms with van der Waals surface area (Å²) in [4.78, 5) is 4.26. The molecule has 0 spiro atoms. The highest BCUT2D eigenvalue weighted by atomic mass is 16.3. The van der Waals surface area contributed by atoms with Crippen molar-refractivity contribution in [1.29, 1.82) is 0 Å². The number of benzene rings is 1. The third kappa shape index (κ3) is 2.02. The van der Waals surface area contributed by atoms with Crippen LogP contribution in [0.15, 0.2) is 34.9 Å². The molecular formula is C12H15NO. The van der Waals surface area contributed by atoms with E-state index in [1.54, 1.807) is 6.26 Å². The molecule has 0 aliphatic heterocycles. The van der Waals surface area contributed by atoms with Crippen LogP contribution < -0.4 is 0 Å². The van der Waals surface area contributed by atoms with Gasteiger partial charge in [0, 0.05) is 5.56 Å². The number of oxazole rings is 1. The van der Waals surface area contributed by atoms with Crippen molar-refractivity contribution in [1.82, 2.24) is 4.98 Å². The lowest BCUT2D eigenvalue weighted by atomic mass is 10.1. The van der Waals surface area contributed by atoms with Crippen LogP contribution in [0.25, 0.3) is 11.5 Å². The zero-order valence-electron chi connectivity index (χ0n) is 7.74. The van der Waals surface area contributed by atoms with Crippen LogP contribution in [0.5, 0.6) is 0 Å². The second-order valence-corrected chi connectivity index (χ2v) is 3.16. The lowest BCUT2D eigenvalue weighted by Crippen LogP contribution is -1.79. The van der Waals surface area contributed by atoms with E-state index in [4.69, 9.17) is 4.42 Å². The van der Waals surface area contributed by atoms with Crippen molar-refractivity contribution in [3.8, 4) is 11.5 Å². The monoisotopic (exact) mass is 189 g/mol. The molecular weight excluding hydrogens is 174 g/mol. The summed E-state index contributed by atoms with van der Waals surface area (Å²) in [6.45, 7) is 3.97. The van der Waals surface area contributed by atoms with Gasteiger partial charge in [-0.25, -0.2) is 4.98 Å². The standard InChI is InChI=1S/C11H11NO.CH4/c1-8-4-3-5-10(6-8)11-12-9(2)7-13-11;/h3-7H,1-2H3;1H4. The third-order valence-electron chi connectivity index (χ3n) is 1.88. The summed E-state index contributed by atoms with van der Waals surface area (Å²) in [5.74, 6) is 0.696. The van der Waals surface area contributed by atoms with Crippen molar-refractivity contribution in [2.75, 3.05) is 0 Å². The molecule has 1 aromatic heterocycles. The van der Waals surface area contributed by atoms with E-state index in [-0.39, 0.29) is 7.43 Å². The second-order valence-electron chi connectivity index (χ2n) is 3.16. The normalized spacial score (nSPS) is 9.57. The number of hydrogen-bond acceptors (Lipinski definition) is 2. The Kier molecular flexibility index (Phi) is 3.07. The van der Waals surface area contributed by atoms with Crippen LogP contribution >= 0.6 is 0 Å². The molecule has 1 aromatic carbocycles. The number of rotatable bonds is 1. The molecule has 1 heterocycles. The highest BCUT2D eigenvalue weighted by Crippen LogP contribution is 2.18. The predicted molar refractivity (Wildman–Crippen MR) is 58.1 cm³/mol. The van der Waals surface area contributed by atoms with Gasteiger partial charge in [0.1, 0.15) is 6.26 Å². The van der Waals surface area contributed by atoms with Gasteiger partial charge in [0.2, 0.25) is 5.89 Å². The summed E-state index contributed by atoms with van der Waals surface area (Å²) in [6, 6.07) is 8.12. The zero-order valence-corrected chi connectivity index (χ0v) is 7.74. The van der Waals surface area contributed by atoms with E-state index in [1.165, 1.54) is 5.56 Å². The van der Waals surface area contributed by atoms with Crippen LogP contribution in [-0.4, -0.2) is 4.98 Å². The Morgan fingerprint density at radius 2 is 2.00 bits per heavy atom. The molecule has 0 saturated carbocycles. The van der Waals surface area contributed by atoms with Gasteiger partial charge in [-0.1, -0.05) is 25.1 Å². The SMILES string of the molecule is C.Cc1cccc(-c2nc(C)co2)c1. The first kappa shape index (κ1) is 10.5. The number of aromatic nitrogens is 1. The summed E-state index contributed by atoms with van der Waals surface area (Å²) in [6.07, 6.45) is 1.66. The highest BCUT2D eigenvalue weighted by Gasteiger charge is 2.03. The van der Waals surface area contributed by atoms with Gasteiger partial charge in [0.05, 0.1) is 5.69 Å². The summed E-state index contributed by atoms with van der Waals surface area (Å²) >= 11 is 0. The molecule has 0 radical (unpaired) electrons. The van der Waals surface area contributed by atoms with Crippen molar-refractivity contribution in [2.24, 2.45) is 0 Å². The summed E-state index contributed by atoms with van der Waals surface area (Å²) in [5, 5.41) is 0. The molecule has 0 N–H and O–H groups in total. The van der Waals surface area contributed by atoms with Crippen molar-refractivity contribution in [2.45, 2.75) is 21.3 Å². The lowest BCUT2D eigenvalue weighted by Gasteiger charge is -1.95. The Balaban J connectivity index is 0.000000980. The summed E-state index contributed by atoms with van der Waals surface area (Å²) in [5.41, 5.74) is 3.16. The van der Waals surface area contributed by atoms with Crippen molar-refractivity contribution in [3.63, 3.8) is 0 Å². The number of nitrogens with zero attached hydrogens (tertiary/aromatic N) is 1. The largest absolute Gasteiger partial charge is 0.444 e. The van der Waals surface area contributed by atoms with E-state index in [1.807, 2.05) is 19.1 Å². The topological polar surface area (TPSA) is 26.0 Å². The molecule has 0 unspecified atom stereocenters. The van der Waals surface area contributed by atoms with E-state index in [0.29, 0.717) is 5.89 Å². The Labute approximate surface area is 84.6 Å². The van der Waals surface area contributed by atoms with Crippen LogP contribution in [0, 0.1) is 13.8 Å². The van der Waals surface area contributed by atoms with Crippen LogP contribution in [0.3, 0.4) is 0 Å². The van der Waals surface area contributed by atoms with Gasteiger partial charge in [0.25, 0.3) is 0 Å². The average molecular weight is 189 g/mol. The number of hydrogen-bond donors (Lipinski definition) is 0. The Bertz CT molecular complexity index is 418. The first-order valence-electron chi connectivity index (χ1n) is 4.25. The smallest absolute Gasteiger partial charge is 0.226 e. The van der Waals surface area contributed by atoms with Gasteiger partial charge in [-0.15, -0.1) is 0 Å². The summed E-state index contributed by atoms with van der Waals surface area (Å²) < 4.78 is 5.29. The Morgan fingerprint density at radius 1 is 1.21 bits per heavy atom. The van der Waals surface area contributed by atoms with Gasteiger partial charge in [0.15, 0.2) is 0 Å². The molecule has 0 amide bonds. The fourth-order valence-corrected chi connectivity index (χ4v) is 1.26. The molecule has 0 fully saturated rings. The molecule has 0 atom stereocenters. The average Bonchev–Trinajstić information content (AvgIpc) is 2.52. The van der Waals surface area contributed by atoms with E-state index in [9.17, 15) is 0 Å². The fourth-order valence-electron chi connectivity index (χ4n) is 1.26. The fraction of sp³-hybridized carbons (Fsp3) is 0.250. The molecule has 2 nitrogen and oxygen atoms in total. The second kappa shape index (κ2) is 4.09. The van der Waals surface area contributed by atoms with E-state index in [0.717, 1.165) is 11.3 Å². The minimum Gasteiger partial charge on any atom is -0.444 e. The zero-order chi connectivity index (χ0) is 9.26.